The van der Waals surface area contributed by atoms with Gasteiger partial charge in [0.15, 0.2) is 0 Å². The minimum absolute atomic E-state index is 0.225. The molecule has 3 heteroatoms. The predicted molar refractivity (Wildman–Crippen MR) is 43.3 cm³/mol. The molecule has 0 saturated heterocycles. The molecule has 0 aliphatic heterocycles. The molecule has 0 fully saturated rings. The summed E-state index contributed by atoms with van der Waals surface area (Å²) in [7, 11) is 0. The number of benzene rings is 1. The Morgan fingerprint density at radius 1 is 1.18 bits per heavy atom. The molecule has 1 aromatic carbocycles. The average Bonchev–Trinajstić information content (AvgIpc) is 2.06. The topological polar surface area (TPSA) is 40.5 Å². The maximum atomic E-state index is 9.22. The summed E-state index contributed by atoms with van der Waals surface area (Å²) in [5.74, 6) is -2.13. The molecular weight excluding hydrogens is 164 g/mol. The van der Waals surface area contributed by atoms with Crippen LogP contribution in [0.15, 0.2) is 30.3 Å². The second-order valence-corrected chi connectivity index (χ2v) is 2.58. The van der Waals surface area contributed by atoms with Gasteiger partial charge in [-0.1, -0.05) is 30.3 Å². The molecule has 0 radical (unpaired) electrons. The second-order valence-electron chi connectivity index (χ2n) is 2.32. The van der Waals surface area contributed by atoms with Gasteiger partial charge in [-0.15, -0.1) is 11.6 Å². The second kappa shape index (κ2) is 3.22. The van der Waals surface area contributed by atoms with Crippen LogP contribution in [0.1, 0.15) is 5.56 Å². The van der Waals surface area contributed by atoms with Gasteiger partial charge < -0.3 is 10.2 Å². The molecular formula is C8H9ClO2. The third kappa shape index (κ3) is 1.93. The Hall–Kier alpha value is -0.570. The minimum Gasteiger partial charge on any atom is -0.361 e. The standard InChI is InChI=1S/C8H9ClO2/c9-6-8(10,11)7-4-2-1-3-5-7/h1-5,10-11H,6H2. The van der Waals surface area contributed by atoms with Gasteiger partial charge in [0.2, 0.25) is 5.79 Å². The van der Waals surface area contributed by atoms with Crippen molar-refractivity contribution in [2.24, 2.45) is 0 Å². The first-order valence-corrected chi connectivity index (χ1v) is 3.76. The first kappa shape index (κ1) is 8.53. The van der Waals surface area contributed by atoms with Crippen LogP contribution >= 0.6 is 11.6 Å². The highest BCUT2D eigenvalue weighted by Crippen LogP contribution is 2.18. The zero-order valence-electron chi connectivity index (χ0n) is 5.87. The minimum atomic E-state index is -1.90. The highest BCUT2D eigenvalue weighted by Gasteiger charge is 2.23. The van der Waals surface area contributed by atoms with E-state index < -0.39 is 5.79 Å². The van der Waals surface area contributed by atoms with Crippen LogP contribution in [0.3, 0.4) is 0 Å². The van der Waals surface area contributed by atoms with Crippen molar-refractivity contribution in [3.05, 3.63) is 35.9 Å². The van der Waals surface area contributed by atoms with Crippen LogP contribution < -0.4 is 0 Å². The lowest BCUT2D eigenvalue weighted by Crippen LogP contribution is -2.26. The maximum Gasteiger partial charge on any atom is 0.203 e. The van der Waals surface area contributed by atoms with Crippen molar-refractivity contribution in [3.8, 4) is 0 Å². The van der Waals surface area contributed by atoms with E-state index in [1.54, 1.807) is 30.3 Å². The summed E-state index contributed by atoms with van der Waals surface area (Å²) >= 11 is 5.33. The third-order valence-electron chi connectivity index (χ3n) is 1.42. The zero-order chi connectivity index (χ0) is 8.32. The fourth-order valence-corrected chi connectivity index (χ4v) is 0.937. The van der Waals surface area contributed by atoms with E-state index in [-0.39, 0.29) is 5.88 Å². The molecule has 2 nitrogen and oxygen atoms in total. The highest BCUT2D eigenvalue weighted by molar-refractivity contribution is 6.18. The summed E-state index contributed by atoms with van der Waals surface area (Å²) in [6.45, 7) is 0. The van der Waals surface area contributed by atoms with Crippen molar-refractivity contribution in [1.29, 1.82) is 0 Å². The Kier molecular flexibility index (Phi) is 2.49. The number of hydrogen-bond acceptors (Lipinski definition) is 2. The number of alkyl halides is 1. The molecule has 0 aromatic heterocycles. The summed E-state index contributed by atoms with van der Waals surface area (Å²) < 4.78 is 0. The molecule has 0 amide bonds. The summed E-state index contributed by atoms with van der Waals surface area (Å²) in [4.78, 5) is 0. The molecule has 60 valence electrons. The summed E-state index contributed by atoms with van der Waals surface area (Å²) in [5.41, 5.74) is 0.412. The van der Waals surface area contributed by atoms with Gasteiger partial charge in [-0.3, -0.25) is 0 Å². The Labute approximate surface area is 70.1 Å². The van der Waals surface area contributed by atoms with Crippen molar-refractivity contribution in [2.45, 2.75) is 5.79 Å². The molecule has 0 unspecified atom stereocenters. The van der Waals surface area contributed by atoms with E-state index in [2.05, 4.69) is 0 Å². The van der Waals surface area contributed by atoms with Crippen LogP contribution in [0.25, 0.3) is 0 Å². The van der Waals surface area contributed by atoms with Gasteiger partial charge >= 0.3 is 0 Å². The quantitative estimate of drug-likeness (QED) is 0.518. The number of halogens is 1. The molecule has 0 spiro atoms. The Morgan fingerprint density at radius 2 is 1.73 bits per heavy atom. The molecule has 0 atom stereocenters. The van der Waals surface area contributed by atoms with Crippen molar-refractivity contribution in [1.82, 2.24) is 0 Å². The molecule has 0 heterocycles. The Morgan fingerprint density at radius 3 is 2.18 bits per heavy atom. The zero-order valence-corrected chi connectivity index (χ0v) is 6.62. The molecule has 11 heavy (non-hydrogen) atoms. The van der Waals surface area contributed by atoms with Crippen molar-refractivity contribution >= 4 is 11.6 Å². The van der Waals surface area contributed by atoms with Gasteiger partial charge in [0.05, 0.1) is 5.88 Å². The number of aliphatic hydroxyl groups is 2. The molecule has 0 saturated carbocycles. The smallest absolute Gasteiger partial charge is 0.203 e. The lowest BCUT2D eigenvalue weighted by atomic mass is 10.1. The van der Waals surface area contributed by atoms with Gasteiger partial charge in [-0.05, 0) is 0 Å². The van der Waals surface area contributed by atoms with Crippen LogP contribution in [0.4, 0.5) is 0 Å². The van der Waals surface area contributed by atoms with Crippen LogP contribution in [0.5, 0.6) is 0 Å². The molecule has 0 aliphatic carbocycles. The molecule has 2 N–H and O–H groups in total. The van der Waals surface area contributed by atoms with E-state index in [9.17, 15) is 10.2 Å². The van der Waals surface area contributed by atoms with E-state index in [1.807, 2.05) is 0 Å². The average molecular weight is 173 g/mol. The van der Waals surface area contributed by atoms with Gasteiger partial charge in [0, 0.05) is 5.56 Å². The van der Waals surface area contributed by atoms with Crippen LogP contribution in [0, 0.1) is 0 Å². The van der Waals surface area contributed by atoms with Crippen LogP contribution in [-0.4, -0.2) is 16.1 Å². The Balaban J connectivity index is 2.93. The van der Waals surface area contributed by atoms with Crippen LogP contribution in [0.2, 0.25) is 0 Å². The summed E-state index contributed by atoms with van der Waals surface area (Å²) in [6.07, 6.45) is 0. The maximum absolute atomic E-state index is 9.22. The van der Waals surface area contributed by atoms with Crippen molar-refractivity contribution < 1.29 is 10.2 Å². The van der Waals surface area contributed by atoms with Crippen molar-refractivity contribution in [3.63, 3.8) is 0 Å². The first-order valence-electron chi connectivity index (χ1n) is 3.23. The fourth-order valence-electron chi connectivity index (χ4n) is 0.782. The third-order valence-corrected chi connectivity index (χ3v) is 1.80. The number of hydrogen-bond donors (Lipinski definition) is 2. The van der Waals surface area contributed by atoms with Gasteiger partial charge in [0.25, 0.3) is 0 Å². The lowest BCUT2D eigenvalue weighted by molar-refractivity contribution is -0.149. The Bertz CT molecular complexity index is 221. The highest BCUT2D eigenvalue weighted by atomic mass is 35.5. The van der Waals surface area contributed by atoms with Gasteiger partial charge in [-0.2, -0.15) is 0 Å². The van der Waals surface area contributed by atoms with Crippen molar-refractivity contribution in [2.75, 3.05) is 5.88 Å². The van der Waals surface area contributed by atoms with Gasteiger partial charge in [0.1, 0.15) is 0 Å². The van der Waals surface area contributed by atoms with E-state index in [0.29, 0.717) is 5.56 Å². The lowest BCUT2D eigenvalue weighted by Gasteiger charge is -2.18. The monoisotopic (exact) mass is 172 g/mol. The molecule has 0 bridgehead atoms. The van der Waals surface area contributed by atoms with E-state index in [0.717, 1.165) is 0 Å². The molecule has 1 aromatic rings. The predicted octanol–water partition coefficient (Wildman–Crippen LogP) is 1.06. The van der Waals surface area contributed by atoms with E-state index >= 15 is 0 Å². The largest absolute Gasteiger partial charge is 0.361 e. The first-order chi connectivity index (χ1) is 5.17. The fraction of sp³-hybridized carbons (Fsp3) is 0.250. The summed E-state index contributed by atoms with van der Waals surface area (Å²) in [6, 6.07) is 8.48. The van der Waals surface area contributed by atoms with E-state index in [1.165, 1.54) is 0 Å². The number of rotatable bonds is 2. The normalized spacial score (nSPS) is 11.5. The summed E-state index contributed by atoms with van der Waals surface area (Å²) in [5, 5.41) is 18.4. The SMILES string of the molecule is OC(O)(CCl)c1ccccc1. The van der Waals surface area contributed by atoms with E-state index in [4.69, 9.17) is 11.6 Å². The molecule has 1 rings (SSSR count). The van der Waals surface area contributed by atoms with Gasteiger partial charge in [-0.25, -0.2) is 0 Å². The van der Waals surface area contributed by atoms with Crippen LogP contribution in [-0.2, 0) is 5.79 Å². The molecule has 0 aliphatic rings.